The highest BCUT2D eigenvalue weighted by Crippen LogP contribution is 2.39. The minimum absolute atomic E-state index is 0.241. The van der Waals surface area contributed by atoms with Crippen LogP contribution in [0.5, 0.6) is 0 Å². The Morgan fingerprint density at radius 1 is 1.09 bits per heavy atom. The van der Waals surface area contributed by atoms with Gasteiger partial charge in [0.1, 0.15) is 10.8 Å². The molecular weight excluding hydrogens is 459 g/mol. The summed E-state index contributed by atoms with van der Waals surface area (Å²) in [5.41, 5.74) is 3.76. The van der Waals surface area contributed by atoms with Crippen molar-refractivity contribution >= 4 is 34.2 Å². The highest BCUT2D eigenvalue weighted by molar-refractivity contribution is 7.17. The van der Waals surface area contributed by atoms with Crippen molar-refractivity contribution in [2.75, 3.05) is 18.5 Å². The lowest BCUT2D eigenvalue weighted by Crippen LogP contribution is -2.22. The Bertz CT molecular complexity index is 1260. The van der Waals surface area contributed by atoms with E-state index >= 15 is 0 Å². The van der Waals surface area contributed by atoms with Gasteiger partial charge in [-0.25, -0.2) is 14.0 Å². The average molecular weight is 485 g/mol. The first-order chi connectivity index (χ1) is 16.3. The maximum Gasteiger partial charge on any atom is 0.341 e. The fraction of sp³-hybridized carbons (Fsp3) is 0.320. The summed E-state index contributed by atoms with van der Waals surface area (Å²) in [6.45, 7) is 5.06. The van der Waals surface area contributed by atoms with E-state index in [2.05, 4.69) is 5.32 Å². The number of fused-ring (bicyclic) bond motifs is 1. The molecule has 1 N–H and O–H groups in total. The number of thiophene rings is 1. The van der Waals surface area contributed by atoms with Crippen LogP contribution in [0.15, 0.2) is 30.3 Å². The zero-order valence-electron chi connectivity index (χ0n) is 19.2. The number of nitrogens with zero attached hydrogens (tertiary/aromatic N) is 1. The third-order valence-electron chi connectivity index (χ3n) is 5.72. The lowest BCUT2D eigenvalue weighted by molar-refractivity contribution is -0.119. The number of ether oxygens (including phenoxy) is 2. The average Bonchev–Trinajstić information content (AvgIpc) is 3.46. The molecule has 0 bridgehead atoms. The number of esters is 2. The smallest absolute Gasteiger partial charge is 0.341 e. The van der Waals surface area contributed by atoms with Gasteiger partial charge in [-0.3, -0.25) is 4.79 Å². The minimum Gasteiger partial charge on any atom is -0.462 e. The summed E-state index contributed by atoms with van der Waals surface area (Å²) in [6.07, 6.45) is 2.60. The van der Waals surface area contributed by atoms with Crippen LogP contribution in [0.25, 0.3) is 5.69 Å². The summed E-state index contributed by atoms with van der Waals surface area (Å²) in [5.74, 6) is -1.98. The molecule has 2 heterocycles. The Labute approximate surface area is 200 Å². The van der Waals surface area contributed by atoms with E-state index in [9.17, 15) is 18.8 Å². The standard InChI is InChI=1S/C25H25FN2O5S/c1-4-32-25(31)22-18-6-5-7-20(18)34-23(22)27-21(29)13-33-24(30)19-12-14(2)28(15(19)3)17-10-8-16(26)9-11-17/h8-12H,4-7,13H2,1-3H3,(H,27,29). The second kappa shape index (κ2) is 9.80. The summed E-state index contributed by atoms with van der Waals surface area (Å²) in [6, 6.07) is 7.61. The van der Waals surface area contributed by atoms with Crippen molar-refractivity contribution in [2.45, 2.75) is 40.0 Å². The van der Waals surface area contributed by atoms with Crippen molar-refractivity contribution in [1.82, 2.24) is 4.57 Å². The highest BCUT2D eigenvalue weighted by Gasteiger charge is 2.28. The lowest BCUT2D eigenvalue weighted by atomic mass is 10.1. The second-order valence-corrected chi connectivity index (χ2v) is 9.11. The third-order valence-corrected chi connectivity index (χ3v) is 6.93. The van der Waals surface area contributed by atoms with Crippen LogP contribution in [0.4, 0.5) is 9.39 Å². The predicted octanol–water partition coefficient (Wildman–Crippen LogP) is 4.76. The van der Waals surface area contributed by atoms with Crippen molar-refractivity contribution in [3.05, 3.63) is 69.1 Å². The maximum absolute atomic E-state index is 13.3. The van der Waals surface area contributed by atoms with E-state index in [4.69, 9.17) is 9.47 Å². The molecule has 3 aromatic rings. The molecule has 2 aromatic heterocycles. The van der Waals surface area contributed by atoms with Crippen molar-refractivity contribution in [2.24, 2.45) is 0 Å². The van der Waals surface area contributed by atoms with Gasteiger partial charge in [-0.05, 0) is 75.9 Å². The number of carbonyl (C=O) groups is 3. The largest absolute Gasteiger partial charge is 0.462 e. The van der Waals surface area contributed by atoms with Gasteiger partial charge in [-0.1, -0.05) is 0 Å². The van der Waals surface area contributed by atoms with Gasteiger partial charge in [0, 0.05) is 22.0 Å². The number of aryl methyl sites for hydroxylation is 2. The van der Waals surface area contributed by atoms with Crippen LogP contribution in [0, 0.1) is 19.7 Å². The van der Waals surface area contributed by atoms with E-state index in [1.54, 1.807) is 32.0 Å². The Balaban J connectivity index is 1.45. The van der Waals surface area contributed by atoms with E-state index in [1.165, 1.54) is 23.5 Å². The molecule has 0 saturated carbocycles. The first kappa shape index (κ1) is 23.7. The molecular formula is C25H25FN2O5S. The third kappa shape index (κ3) is 4.61. The molecule has 1 aliphatic rings. The van der Waals surface area contributed by atoms with E-state index in [0.717, 1.165) is 35.4 Å². The fourth-order valence-corrected chi connectivity index (χ4v) is 5.53. The van der Waals surface area contributed by atoms with Crippen LogP contribution in [-0.4, -0.2) is 35.6 Å². The zero-order chi connectivity index (χ0) is 24.4. The van der Waals surface area contributed by atoms with Crippen molar-refractivity contribution < 1.29 is 28.2 Å². The number of carbonyl (C=O) groups excluding carboxylic acids is 3. The fourth-order valence-electron chi connectivity index (χ4n) is 4.24. The van der Waals surface area contributed by atoms with Gasteiger partial charge in [0.15, 0.2) is 6.61 Å². The number of hydrogen-bond acceptors (Lipinski definition) is 6. The molecule has 4 rings (SSSR count). The van der Waals surface area contributed by atoms with Crippen LogP contribution < -0.4 is 5.32 Å². The molecule has 1 aliphatic carbocycles. The number of aromatic nitrogens is 1. The van der Waals surface area contributed by atoms with Gasteiger partial charge in [0.25, 0.3) is 5.91 Å². The molecule has 0 spiro atoms. The minimum atomic E-state index is -0.643. The van der Waals surface area contributed by atoms with Crippen molar-refractivity contribution in [1.29, 1.82) is 0 Å². The lowest BCUT2D eigenvalue weighted by Gasteiger charge is -2.10. The number of hydrogen-bond donors (Lipinski definition) is 1. The molecule has 0 aliphatic heterocycles. The molecule has 34 heavy (non-hydrogen) atoms. The van der Waals surface area contributed by atoms with Crippen LogP contribution >= 0.6 is 11.3 Å². The van der Waals surface area contributed by atoms with E-state index in [0.29, 0.717) is 27.5 Å². The zero-order valence-corrected chi connectivity index (χ0v) is 20.0. The SMILES string of the molecule is CCOC(=O)c1c(NC(=O)COC(=O)c2cc(C)n(-c3ccc(F)cc3)c2C)sc2c1CCC2. The van der Waals surface area contributed by atoms with Gasteiger partial charge in [-0.2, -0.15) is 0 Å². The quantitative estimate of drug-likeness (QED) is 0.489. The van der Waals surface area contributed by atoms with Gasteiger partial charge in [-0.15, -0.1) is 11.3 Å². The molecule has 0 atom stereocenters. The number of rotatable bonds is 7. The van der Waals surface area contributed by atoms with Crippen LogP contribution in [-0.2, 0) is 27.1 Å². The molecule has 0 unspecified atom stereocenters. The van der Waals surface area contributed by atoms with Gasteiger partial charge < -0.3 is 19.4 Å². The number of nitrogens with one attached hydrogen (secondary N) is 1. The Hall–Kier alpha value is -3.46. The van der Waals surface area contributed by atoms with E-state index in [-0.39, 0.29) is 12.4 Å². The summed E-state index contributed by atoms with van der Waals surface area (Å²) in [4.78, 5) is 38.8. The van der Waals surface area contributed by atoms with Gasteiger partial charge in [0.05, 0.1) is 17.7 Å². The first-order valence-corrected chi connectivity index (χ1v) is 11.8. The first-order valence-electron chi connectivity index (χ1n) is 11.0. The summed E-state index contributed by atoms with van der Waals surface area (Å²) >= 11 is 1.36. The number of amides is 1. The van der Waals surface area contributed by atoms with Crippen molar-refractivity contribution in [3.8, 4) is 5.69 Å². The Kier molecular flexibility index (Phi) is 6.83. The second-order valence-electron chi connectivity index (χ2n) is 8.00. The highest BCUT2D eigenvalue weighted by atomic mass is 32.1. The maximum atomic E-state index is 13.3. The van der Waals surface area contributed by atoms with Gasteiger partial charge >= 0.3 is 11.9 Å². The number of benzene rings is 1. The molecule has 0 saturated heterocycles. The molecule has 1 amide bonds. The summed E-state index contributed by atoms with van der Waals surface area (Å²) in [7, 11) is 0. The molecule has 9 heteroatoms. The monoisotopic (exact) mass is 484 g/mol. The van der Waals surface area contributed by atoms with Crippen LogP contribution in [0.1, 0.15) is 55.9 Å². The summed E-state index contributed by atoms with van der Waals surface area (Å²) < 4.78 is 25.5. The van der Waals surface area contributed by atoms with Crippen LogP contribution in [0.2, 0.25) is 0 Å². The predicted molar refractivity (Wildman–Crippen MR) is 126 cm³/mol. The van der Waals surface area contributed by atoms with Crippen LogP contribution in [0.3, 0.4) is 0 Å². The Morgan fingerprint density at radius 2 is 1.82 bits per heavy atom. The molecule has 0 fully saturated rings. The molecule has 1 aromatic carbocycles. The summed E-state index contributed by atoms with van der Waals surface area (Å²) in [5, 5.41) is 3.14. The normalized spacial score (nSPS) is 12.4. The number of anilines is 1. The van der Waals surface area contributed by atoms with E-state index < -0.39 is 24.5 Å². The topological polar surface area (TPSA) is 86.6 Å². The van der Waals surface area contributed by atoms with Crippen molar-refractivity contribution in [3.63, 3.8) is 0 Å². The Morgan fingerprint density at radius 3 is 2.53 bits per heavy atom. The molecule has 178 valence electrons. The van der Waals surface area contributed by atoms with Gasteiger partial charge in [0.2, 0.25) is 0 Å². The molecule has 7 nitrogen and oxygen atoms in total. The number of halogens is 1. The van der Waals surface area contributed by atoms with E-state index in [1.807, 2.05) is 11.5 Å². The molecule has 0 radical (unpaired) electrons.